The second-order valence-electron chi connectivity index (χ2n) is 2.50. The highest BCUT2D eigenvalue weighted by Gasteiger charge is 2.14. The van der Waals surface area contributed by atoms with Gasteiger partial charge in [0.1, 0.15) is 0 Å². The molecule has 0 aliphatic heterocycles. The summed E-state index contributed by atoms with van der Waals surface area (Å²) in [7, 11) is -3.38. The Morgan fingerprint density at radius 3 is 2.18 bits per heavy atom. The van der Waals surface area contributed by atoms with Crippen LogP contribution in [0.1, 0.15) is 5.56 Å². The minimum absolute atomic E-state index is 0.0894. The lowest BCUT2D eigenvalue weighted by molar-refractivity contribution is 0.750. The molecule has 0 saturated heterocycles. The predicted octanol–water partition coefficient (Wildman–Crippen LogP) is 3.39. The number of benzene rings is 1. The third-order valence-electron chi connectivity index (χ3n) is 1.26. The van der Waals surface area contributed by atoms with Crippen molar-refractivity contribution in [1.82, 2.24) is 0 Å². The maximum Gasteiger partial charge on any atom is 0.0586 e. The average molecular weight is 176 g/mol. The van der Waals surface area contributed by atoms with Gasteiger partial charge in [-0.3, -0.25) is 0 Å². The Hall–Kier alpha value is -0.570. The van der Waals surface area contributed by atoms with Crippen molar-refractivity contribution >= 4 is 10.8 Å². The topological polar surface area (TPSA) is 0 Å². The third-order valence-corrected chi connectivity index (χ3v) is 2.10. The van der Waals surface area contributed by atoms with E-state index >= 15 is 0 Å². The van der Waals surface area contributed by atoms with E-state index in [9.17, 15) is 7.77 Å². The largest absolute Gasteiger partial charge is 0.158 e. The van der Waals surface area contributed by atoms with Gasteiger partial charge in [0.05, 0.1) is 16.6 Å². The highest BCUT2D eigenvalue weighted by molar-refractivity contribution is 8.24. The minimum Gasteiger partial charge on any atom is -0.158 e. The van der Waals surface area contributed by atoms with Crippen LogP contribution < -0.4 is 0 Å². The lowest BCUT2D eigenvalue weighted by Crippen LogP contribution is -1.87. The number of rotatable bonds is 2. The second-order valence-corrected chi connectivity index (χ2v) is 4.54. The van der Waals surface area contributed by atoms with Crippen molar-refractivity contribution in [2.45, 2.75) is 5.75 Å². The van der Waals surface area contributed by atoms with E-state index in [1.165, 1.54) is 0 Å². The summed E-state index contributed by atoms with van der Waals surface area (Å²) in [6, 6.07) is 8.84. The zero-order valence-corrected chi connectivity index (χ0v) is 7.07. The van der Waals surface area contributed by atoms with Gasteiger partial charge in [0.2, 0.25) is 0 Å². The van der Waals surface area contributed by atoms with Crippen molar-refractivity contribution in [1.29, 1.82) is 0 Å². The Balaban J connectivity index is 2.66. The molecular weight excluding hydrogens is 166 g/mol. The van der Waals surface area contributed by atoms with E-state index in [2.05, 4.69) is 0 Å². The van der Waals surface area contributed by atoms with E-state index in [0.717, 1.165) is 11.8 Å². The summed E-state index contributed by atoms with van der Waals surface area (Å²) in [6.45, 7) is 0. The molecule has 0 atom stereocenters. The molecule has 0 spiro atoms. The summed E-state index contributed by atoms with van der Waals surface area (Å²) in [5.74, 6) is -0.0894. The molecule has 0 aromatic heterocycles. The standard InChI is InChI=1S/C8H10F2S/c1-11(9,10)7-8-5-3-2-4-6-8/h2-6H,7H2,1H3. The van der Waals surface area contributed by atoms with Gasteiger partial charge in [0.15, 0.2) is 0 Å². The summed E-state index contributed by atoms with van der Waals surface area (Å²) in [6.07, 6.45) is 1.01. The van der Waals surface area contributed by atoms with Gasteiger partial charge in [0, 0.05) is 6.26 Å². The van der Waals surface area contributed by atoms with Crippen LogP contribution in [-0.2, 0) is 5.75 Å². The van der Waals surface area contributed by atoms with Crippen LogP contribution in [-0.4, -0.2) is 6.26 Å². The summed E-state index contributed by atoms with van der Waals surface area (Å²) < 4.78 is 25.0. The normalized spacial score (nSPS) is 13.0. The highest BCUT2D eigenvalue weighted by atomic mass is 32.3. The lowest BCUT2D eigenvalue weighted by Gasteiger charge is -2.13. The Morgan fingerprint density at radius 2 is 1.73 bits per heavy atom. The van der Waals surface area contributed by atoms with Crippen LogP contribution in [0.25, 0.3) is 0 Å². The number of hydrogen-bond acceptors (Lipinski definition) is 0. The molecule has 0 fully saturated rings. The van der Waals surface area contributed by atoms with E-state index in [1.807, 2.05) is 6.07 Å². The fourth-order valence-corrected chi connectivity index (χ4v) is 1.64. The highest BCUT2D eigenvalue weighted by Crippen LogP contribution is 2.50. The van der Waals surface area contributed by atoms with Gasteiger partial charge >= 0.3 is 0 Å². The molecule has 0 heterocycles. The Kier molecular flexibility index (Phi) is 2.49. The molecule has 0 aliphatic carbocycles. The summed E-state index contributed by atoms with van der Waals surface area (Å²) in [5, 5.41) is 0. The Labute approximate surface area is 67.1 Å². The molecule has 0 N–H and O–H groups in total. The van der Waals surface area contributed by atoms with Crippen LogP contribution in [0.15, 0.2) is 30.3 Å². The molecule has 0 bridgehead atoms. The maximum atomic E-state index is 12.5. The molecule has 1 aromatic carbocycles. The third kappa shape index (κ3) is 3.37. The van der Waals surface area contributed by atoms with Crippen molar-refractivity contribution < 1.29 is 7.77 Å². The zero-order chi connectivity index (χ0) is 8.32. The molecule has 62 valence electrons. The lowest BCUT2D eigenvalue weighted by atomic mass is 10.2. The monoisotopic (exact) mass is 176 g/mol. The van der Waals surface area contributed by atoms with Crippen molar-refractivity contribution in [3.8, 4) is 0 Å². The second kappa shape index (κ2) is 3.22. The fourth-order valence-electron chi connectivity index (χ4n) is 0.867. The van der Waals surface area contributed by atoms with Gasteiger partial charge in [-0.25, -0.2) is 0 Å². The summed E-state index contributed by atoms with van der Waals surface area (Å²) in [5.41, 5.74) is 0.718. The Morgan fingerprint density at radius 1 is 1.18 bits per heavy atom. The van der Waals surface area contributed by atoms with E-state index in [1.54, 1.807) is 24.3 Å². The molecular formula is C8H10F2S. The maximum absolute atomic E-state index is 12.5. The predicted molar refractivity (Wildman–Crippen MR) is 45.9 cm³/mol. The number of hydrogen-bond donors (Lipinski definition) is 0. The molecule has 0 radical (unpaired) electrons. The smallest absolute Gasteiger partial charge is 0.0586 e. The summed E-state index contributed by atoms with van der Waals surface area (Å²) >= 11 is 0. The molecule has 1 rings (SSSR count). The van der Waals surface area contributed by atoms with E-state index in [4.69, 9.17) is 0 Å². The molecule has 0 unspecified atom stereocenters. The first-order valence-electron chi connectivity index (χ1n) is 3.27. The first-order valence-corrected chi connectivity index (χ1v) is 5.28. The van der Waals surface area contributed by atoms with E-state index in [-0.39, 0.29) is 5.75 Å². The van der Waals surface area contributed by atoms with E-state index < -0.39 is 10.8 Å². The van der Waals surface area contributed by atoms with Crippen LogP contribution in [0, 0.1) is 0 Å². The molecule has 3 heteroatoms. The van der Waals surface area contributed by atoms with E-state index in [0.29, 0.717) is 0 Å². The zero-order valence-electron chi connectivity index (χ0n) is 6.26. The summed E-state index contributed by atoms with van der Waals surface area (Å²) in [4.78, 5) is 0. The van der Waals surface area contributed by atoms with Crippen LogP contribution >= 0.6 is 10.8 Å². The minimum atomic E-state index is -3.38. The van der Waals surface area contributed by atoms with Gasteiger partial charge in [-0.1, -0.05) is 30.3 Å². The molecule has 0 aliphatic rings. The van der Waals surface area contributed by atoms with Crippen molar-refractivity contribution in [3.63, 3.8) is 0 Å². The van der Waals surface area contributed by atoms with Gasteiger partial charge in [0.25, 0.3) is 0 Å². The molecule has 0 nitrogen and oxygen atoms in total. The van der Waals surface area contributed by atoms with Crippen molar-refractivity contribution in [2.24, 2.45) is 0 Å². The van der Waals surface area contributed by atoms with Gasteiger partial charge in [-0.05, 0) is 5.56 Å². The number of halogens is 2. The van der Waals surface area contributed by atoms with Crippen LogP contribution in [0.4, 0.5) is 7.77 Å². The Bertz CT molecular complexity index is 215. The van der Waals surface area contributed by atoms with Crippen LogP contribution in [0.2, 0.25) is 0 Å². The fraction of sp³-hybridized carbons (Fsp3) is 0.250. The molecule has 1 aromatic rings. The molecule has 0 saturated carbocycles. The van der Waals surface area contributed by atoms with Gasteiger partial charge in [-0.15, -0.1) is 0 Å². The first-order chi connectivity index (χ1) is 5.08. The van der Waals surface area contributed by atoms with Crippen LogP contribution in [0.3, 0.4) is 0 Å². The van der Waals surface area contributed by atoms with Crippen molar-refractivity contribution in [3.05, 3.63) is 35.9 Å². The van der Waals surface area contributed by atoms with Crippen LogP contribution in [0.5, 0.6) is 0 Å². The van der Waals surface area contributed by atoms with Gasteiger partial charge < -0.3 is 0 Å². The quantitative estimate of drug-likeness (QED) is 0.648. The molecule has 11 heavy (non-hydrogen) atoms. The van der Waals surface area contributed by atoms with Gasteiger partial charge in [-0.2, -0.15) is 7.77 Å². The SMILES string of the molecule is CS(F)(F)Cc1ccccc1. The molecule has 0 amide bonds. The first kappa shape index (κ1) is 8.53. The average Bonchev–Trinajstić information content (AvgIpc) is 1.85. The van der Waals surface area contributed by atoms with Crippen molar-refractivity contribution in [2.75, 3.05) is 6.26 Å².